The molecular weight excluding hydrogens is 226 g/mol. The first kappa shape index (κ1) is 13.3. The highest BCUT2D eigenvalue weighted by Crippen LogP contribution is 2.31. The molecule has 2 heterocycles. The third-order valence-electron chi connectivity index (χ3n) is 3.47. The Balaban J connectivity index is 2.23. The van der Waals surface area contributed by atoms with E-state index in [9.17, 15) is 0 Å². The zero-order valence-corrected chi connectivity index (χ0v) is 11.8. The molecule has 4 nitrogen and oxygen atoms in total. The molecule has 1 aromatic rings. The third kappa shape index (κ3) is 2.80. The van der Waals surface area contributed by atoms with Gasteiger partial charge in [-0.25, -0.2) is 9.97 Å². The second-order valence-corrected chi connectivity index (χ2v) is 5.08. The number of hydrogen-bond acceptors (Lipinski definition) is 4. The molecule has 0 spiro atoms. The van der Waals surface area contributed by atoms with Gasteiger partial charge in [-0.3, -0.25) is 0 Å². The summed E-state index contributed by atoms with van der Waals surface area (Å²) in [4.78, 5) is 9.22. The van der Waals surface area contributed by atoms with E-state index in [1.807, 2.05) is 6.92 Å². The molecule has 2 unspecified atom stereocenters. The Labute approximate surface area is 109 Å². The van der Waals surface area contributed by atoms with Crippen LogP contribution in [0, 0.1) is 13.8 Å². The van der Waals surface area contributed by atoms with Crippen LogP contribution < -0.4 is 5.32 Å². The van der Waals surface area contributed by atoms with Crippen LogP contribution in [0.2, 0.25) is 0 Å². The van der Waals surface area contributed by atoms with Crippen LogP contribution >= 0.6 is 0 Å². The lowest BCUT2D eigenvalue weighted by Crippen LogP contribution is -2.12. The number of aromatic nitrogens is 2. The van der Waals surface area contributed by atoms with Crippen molar-refractivity contribution in [3.05, 3.63) is 17.1 Å². The van der Waals surface area contributed by atoms with Crippen LogP contribution in [0.25, 0.3) is 0 Å². The van der Waals surface area contributed by atoms with Crippen molar-refractivity contribution in [1.82, 2.24) is 9.97 Å². The SMILES string of the molecule is CCCNc1nc(C2CCC(C)O2)nc(C)c1C. The molecule has 0 saturated carbocycles. The van der Waals surface area contributed by atoms with E-state index in [4.69, 9.17) is 4.74 Å². The first-order valence-corrected chi connectivity index (χ1v) is 6.86. The van der Waals surface area contributed by atoms with Gasteiger partial charge in [-0.15, -0.1) is 0 Å². The summed E-state index contributed by atoms with van der Waals surface area (Å²) >= 11 is 0. The van der Waals surface area contributed by atoms with Crippen molar-refractivity contribution in [2.45, 2.75) is 59.2 Å². The summed E-state index contributed by atoms with van der Waals surface area (Å²) in [6.07, 6.45) is 3.61. The van der Waals surface area contributed by atoms with Gasteiger partial charge in [-0.05, 0) is 40.0 Å². The van der Waals surface area contributed by atoms with E-state index in [0.29, 0.717) is 6.10 Å². The number of ether oxygens (including phenoxy) is 1. The average molecular weight is 249 g/mol. The second kappa shape index (κ2) is 5.65. The van der Waals surface area contributed by atoms with Crippen LogP contribution in [0.3, 0.4) is 0 Å². The van der Waals surface area contributed by atoms with Gasteiger partial charge in [0.25, 0.3) is 0 Å². The molecule has 2 atom stereocenters. The van der Waals surface area contributed by atoms with Crippen LogP contribution in [-0.4, -0.2) is 22.6 Å². The van der Waals surface area contributed by atoms with E-state index in [-0.39, 0.29) is 6.10 Å². The van der Waals surface area contributed by atoms with Gasteiger partial charge in [0.2, 0.25) is 0 Å². The van der Waals surface area contributed by atoms with Gasteiger partial charge in [0.1, 0.15) is 11.9 Å². The second-order valence-electron chi connectivity index (χ2n) is 5.08. The lowest BCUT2D eigenvalue weighted by Gasteiger charge is -2.15. The summed E-state index contributed by atoms with van der Waals surface area (Å²) in [5.74, 6) is 1.79. The summed E-state index contributed by atoms with van der Waals surface area (Å²) in [6.45, 7) is 9.31. The topological polar surface area (TPSA) is 47.0 Å². The third-order valence-corrected chi connectivity index (χ3v) is 3.47. The van der Waals surface area contributed by atoms with Crippen molar-refractivity contribution in [3.63, 3.8) is 0 Å². The van der Waals surface area contributed by atoms with E-state index in [0.717, 1.165) is 48.7 Å². The summed E-state index contributed by atoms with van der Waals surface area (Å²) in [5, 5.41) is 3.37. The predicted octanol–water partition coefficient (Wildman–Crippen LogP) is 3.16. The first-order valence-electron chi connectivity index (χ1n) is 6.86. The normalized spacial score (nSPS) is 23.3. The molecule has 1 saturated heterocycles. The fraction of sp³-hybridized carbons (Fsp3) is 0.714. The van der Waals surface area contributed by atoms with Gasteiger partial charge in [0, 0.05) is 17.8 Å². The van der Waals surface area contributed by atoms with E-state index in [2.05, 4.69) is 36.1 Å². The Morgan fingerprint density at radius 1 is 1.28 bits per heavy atom. The molecule has 4 heteroatoms. The molecule has 100 valence electrons. The minimum atomic E-state index is 0.0708. The van der Waals surface area contributed by atoms with Crippen molar-refractivity contribution in [3.8, 4) is 0 Å². The molecule has 1 aliphatic rings. The minimum absolute atomic E-state index is 0.0708. The Hall–Kier alpha value is -1.16. The van der Waals surface area contributed by atoms with Gasteiger partial charge in [-0.1, -0.05) is 6.92 Å². The minimum Gasteiger partial charge on any atom is -0.370 e. The van der Waals surface area contributed by atoms with Gasteiger partial charge < -0.3 is 10.1 Å². The van der Waals surface area contributed by atoms with Crippen LogP contribution in [-0.2, 0) is 4.74 Å². The summed E-state index contributed by atoms with van der Waals surface area (Å²) < 4.78 is 5.85. The maximum atomic E-state index is 5.85. The highest BCUT2D eigenvalue weighted by Gasteiger charge is 2.26. The molecule has 2 rings (SSSR count). The van der Waals surface area contributed by atoms with Gasteiger partial charge in [0.15, 0.2) is 5.82 Å². The number of anilines is 1. The molecule has 0 aromatic carbocycles. The number of nitrogens with zero attached hydrogens (tertiary/aromatic N) is 2. The lowest BCUT2D eigenvalue weighted by molar-refractivity contribution is 0.0502. The van der Waals surface area contributed by atoms with Crippen molar-refractivity contribution in [2.24, 2.45) is 0 Å². The van der Waals surface area contributed by atoms with Crippen LogP contribution in [0.5, 0.6) is 0 Å². The van der Waals surface area contributed by atoms with E-state index in [1.165, 1.54) is 0 Å². The quantitative estimate of drug-likeness (QED) is 0.890. The van der Waals surface area contributed by atoms with Crippen molar-refractivity contribution in [1.29, 1.82) is 0 Å². The molecule has 0 bridgehead atoms. The Kier molecular flexibility index (Phi) is 4.17. The largest absolute Gasteiger partial charge is 0.370 e. The van der Waals surface area contributed by atoms with E-state index < -0.39 is 0 Å². The fourth-order valence-electron chi connectivity index (χ4n) is 2.20. The molecule has 0 amide bonds. The van der Waals surface area contributed by atoms with E-state index in [1.54, 1.807) is 0 Å². The van der Waals surface area contributed by atoms with Crippen molar-refractivity contribution >= 4 is 5.82 Å². The van der Waals surface area contributed by atoms with Crippen LogP contribution in [0.4, 0.5) is 5.82 Å². The van der Waals surface area contributed by atoms with Crippen molar-refractivity contribution < 1.29 is 4.74 Å². The first-order chi connectivity index (χ1) is 8.61. The molecule has 1 aliphatic heterocycles. The Morgan fingerprint density at radius 2 is 2.06 bits per heavy atom. The molecule has 0 radical (unpaired) electrons. The number of nitrogens with one attached hydrogen (secondary N) is 1. The molecular formula is C14H23N3O. The average Bonchev–Trinajstić information content (AvgIpc) is 2.77. The monoisotopic (exact) mass is 249 g/mol. The van der Waals surface area contributed by atoms with Gasteiger partial charge in [0.05, 0.1) is 6.10 Å². The highest BCUT2D eigenvalue weighted by atomic mass is 16.5. The van der Waals surface area contributed by atoms with Gasteiger partial charge in [-0.2, -0.15) is 0 Å². The number of aryl methyl sites for hydroxylation is 1. The van der Waals surface area contributed by atoms with Crippen molar-refractivity contribution in [2.75, 3.05) is 11.9 Å². The van der Waals surface area contributed by atoms with Gasteiger partial charge >= 0.3 is 0 Å². The Morgan fingerprint density at radius 3 is 2.67 bits per heavy atom. The van der Waals surface area contributed by atoms with E-state index >= 15 is 0 Å². The smallest absolute Gasteiger partial charge is 0.159 e. The molecule has 0 aliphatic carbocycles. The zero-order valence-electron chi connectivity index (χ0n) is 11.8. The lowest BCUT2D eigenvalue weighted by atomic mass is 10.2. The molecule has 18 heavy (non-hydrogen) atoms. The predicted molar refractivity (Wildman–Crippen MR) is 72.8 cm³/mol. The maximum absolute atomic E-state index is 5.85. The molecule has 1 fully saturated rings. The number of hydrogen-bond donors (Lipinski definition) is 1. The molecule has 1 aromatic heterocycles. The molecule has 1 N–H and O–H groups in total. The standard InChI is InChI=1S/C14H23N3O/c1-5-8-15-13-10(3)11(4)16-14(17-13)12-7-6-9(2)18-12/h9,12H,5-8H2,1-4H3,(H,15,16,17). The zero-order chi connectivity index (χ0) is 13.1. The Bertz CT molecular complexity index is 420. The highest BCUT2D eigenvalue weighted by molar-refractivity contribution is 5.45. The summed E-state index contributed by atoms with van der Waals surface area (Å²) in [5.41, 5.74) is 2.18. The van der Waals surface area contributed by atoms with Crippen LogP contribution in [0.1, 0.15) is 56.3 Å². The summed E-state index contributed by atoms with van der Waals surface area (Å²) in [7, 11) is 0. The summed E-state index contributed by atoms with van der Waals surface area (Å²) in [6, 6.07) is 0. The fourth-order valence-corrected chi connectivity index (χ4v) is 2.20. The van der Waals surface area contributed by atoms with Crippen LogP contribution in [0.15, 0.2) is 0 Å². The number of rotatable bonds is 4. The maximum Gasteiger partial charge on any atom is 0.159 e.